The second-order valence-electron chi connectivity index (χ2n) is 5.03. The van der Waals surface area contributed by atoms with E-state index < -0.39 is 17.5 Å². The number of carbonyl (C=O) groups is 1. The van der Waals surface area contributed by atoms with Crippen LogP contribution in [-0.4, -0.2) is 15.5 Å². The fourth-order valence-electron chi connectivity index (χ4n) is 2.06. The lowest BCUT2D eigenvalue weighted by atomic mass is 10.2. The second kappa shape index (κ2) is 7.24. The average molecular weight is 426 g/mol. The summed E-state index contributed by atoms with van der Waals surface area (Å²) in [6, 6.07) is 6.40. The Bertz CT molecular complexity index is 1000. The van der Waals surface area contributed by atoms with Gasteiger partial charge in [0.05, 0.1) is 5.69 Å². The Morgan fingerprint density at radius 2 is 2.04 bits per heavy atom. The van der Waals surface area contributed by atoms with Crippen LogP contribution in [-0.2, 0) is 11.3 Å². The fourth-order valence-corrected chi connectivity index (χ4v) is 3.17. The molecule has 3 rings (SSSR count). The van der Waals surface area contributed by atoms with Crippen LogP contribution in [0.1, 0.15) is 0 Å². The topological polar surface area (TPSA) is 64.0 Å². The number of nitrogens with one attached hydrogen (secondary N) is 1. The number of rotatable bonds is 4. The van der Waals surface area contributed by atoms with Gasteiger partial charge in [-0.15, -0.1) is 11.3 Å². The van der Waals surface area contributed by atoms with Crippen molar-refractivity contribution in [2.75, 3.05) is 5.32 Å². The monoisotopic (exact) mass is 425 g/mol. The summed E-state index contributed by atoms with van der Waals surface area (Å²) in [6.07, 6.45) is 1.51. The number of nitrogens with zero attached hydrogens (tertiary/aromatic N) is 2. The average Bonchev–Trinajstić information content (AvgIpc) is 3.02. The first-order valence-electron chi connectivity index (χ1n) is 6.99. The van der Waals surface area contributed by atoms with Gasteiger partial charge in [0.2, 0.25) is 5.91 Å². The van der Waals surface area contributed by atoms with Crippen LogP contribution in [0.5, 0.6) is 0 Å². The van der Waals surface area contributed by atoms with Crippen molar-refractivity contribution >= 4 is 38.3 Å². The van der Waals surface area contributed by atoms with E-state index in [0.717, 1.165) is 23.5 Å². The molecule has 0 aliphatic rings. The van der Waals surface area contributed by atoms with Crippen LogP contribution in [0.4, 0.5) is 13.9 Å². The minimum Gasteiger partial charge on any atom is -0.305 e. The SMILES string of the molecule is O=C(Cn1cc(Br)ccc1=O)Nc1nc(-c2ccc(F)c(F)c2)cs1. The Kier molecular flexibility index (Phi) is 5.05. The molecule has 0 radical (unpaired) electrons. The van der Waals surface area contributed by atoms with Crippen LogP contribution in [0, 0.1) is 11.6 Å². The number of aromatic nitrogens is 2. The molecule has 1 N–H and O–H groups in total. The van der Waals surface area contributed by atoms with Crippen molar-refractivity contribution in [3.8, 4) is 11.3 Å². The minimum atomic E-state index is -0.967. The molecule has 0 spiro atoms. The van der Waals surface area contributed by atoms with Crippen LogP contribution in [0.15, 0.2) is 51.2 Å². The lowest BCUT2D eigenvalue weighted by molar-refractivity contribution is -0.116. The molecule has 0 atom stereocenters. The van der Waals surface area contributed by atoms with E-state index in [1.807, 2.05) is 0 Å². The molecule has 128 valence electrons. The smallest absolute Gasteiger partial charge is 0.251 e. The molecule has 25 heavy (non-hydrogen) atoms. The van der Waals surface area contributed by atoms with Gasteiger partial charge < -0.3 is 9.88 Å². The first kappa shape index (κ1) is 17.4. The molecular formula is C16H10BrF2N3O2S. The van der Waals surface area contributed by atoms with Gasteiger partial charge in [-0.1, -0.05) is 0 Å². The summed E-state index contributed by atoms with van der Waals surface area (Å²) in [4.78, 5) is 27.9. The molecular weight excluding hydrogens is 416 g/mol. The van der Waals surface area contributed by atoms with Crippen molar-refractivity contribution in [2.24, 2.45) is 0 Å². The molecule has 0 bridgehead atoms. The van der Waals surface area contributed by atoms with Crippen LogP contribution >= 0.6 is 27.3 Å². The number of hydrogen-bond acceptors (Lipinski definition) is 4. The van der Waals surface area contributed by atoms with Gasteiger partial charge in [-0.2, -0.15) is 0 Å². The molecule has 3 aromatic rings. The molecule has 2 aromatic heterocycles. The largest absolute Gasteiger partial charge is 0.305 e. The molecule has 9 heteroatoms. The highest BCUT2D eigenvalue weighted by Gasteiger charge is 2.11. The van der Waals surface area contributed by atoms with Crippen molar-refractivity contribution in [3.63, 3.8) is 0 Å². The number of benzene rings is 1. The van der Waals surface area contributed by atoms with E-state index in [2.05, 4.69) is 26.2 Å². The second-order valence-corrected chi connectivity index (χ2v) is 6.80. The van der Waals surface area contributed by atoms with Gasteiger partial charge >= 0.3 is 0 Å². The van der Waals surface area contributed by atoms with Gasteiger partial charge in [-0.3, -0.25) is 9.59 Å². The summed E-state index contributed by atoms with van der Waals surface area (Å²) in [5.74, 6) is -2.33. The molecule has 1 amide bonds. The zero-order chi connectivity index (χ0) is 18.0. The number of anilines is 1. The minimum absolute atomic E-state index is 0.168. The van der Waals surface area contributed by atoms with Gasteiger partial charge in [-0.05, 0) is 40.2 Å². The van der Waals surface area contributed by atoms with Crippen molar-refractivity contribution in [1.82, 2.24) is 9.55 Å². The molecule has 0 aliphatic heterocycles. The van der Waals surface area contributed by atoms with Crippen LogP contribution in [0.2, 0.25) is 0 Å². The highest BCUT2D eigenvalue weighted by Crippen LogP contribution is 2.26. The maximum Gasteiger partial charge on any atom is 0.251 e. The molecule has 2 heterocycles. The predicted octanol–water partition coefficient (Wildman–Crippen LogP) is 3.65. The van der Waals surface area contributed by atoms with Crippen molar-refractivity contribution < 1.29 is 13.6 Å². The van der Waals surface area contributed by atoms with Gasteiger partial charge in [-0.25, -0.2) is 13.8 Å². The zero-order valence-electron chi connectivity index (χ0n) is 12.5. The van der Waals surface area contributed by atoms with E-state index in [-0.39, 0.29) is 12.1 Å². The summed E-state index contributed by atoms with van der Waals surface area (Å²) < 4.78 is 28.2. The summed E-state index contributed by atoms with van der Waals surface area (Å²) in [5, 5.41) is 4.50. The van der Waals surface area contributed by atoms with Crippen LogP contribution in [0.3, 0.4) is 0 Å². The van der Waals surface area contributed by atoms with Gasteiger partial charge in [0.15, 0.2) is 16.8 Å². The molecule has 0 saturated carbocycles. The number of amides is 1. The normalized spacial score (nSPS) is 10.7. The Hall–Kier alpha value is -2.39. The third-order valence-corrected chi connectivity index (χ3v) is 4.45. The Labute approximate surface area is 153 Å². The summed E-state index contributed by atoms with van der Waals surface area (Å²) in [5.41, 5.74) is 0.512. The quantitative estimate of drug-likeness (QED) is 0.693. The lowest BCUT2D eigenvalue weighted by Gasteiger charge is -2.05. The predicted molar refractivity (Wildman–Crippen MR) is 94.5 cm³/mol. The van der Waals surface area contributed by atoms with Crippen molar-refractivity contribution in [1.29, 1.82) is 0 Å². The lowest BCUT2D eigenvalue weighted by Crippen LogP contribution is -2.26. The van der Waals surface area contributed by atoms with E-state index in [1.54, 1.807) is 11.4 Å². The van der Waals surface area contributed by atoms with E-state index >= 15 is 0 Å². The molecule has 5 nitrogen and oxygen atoms in total. The van der Waals surface area contributed by atoms with E-state index in [1.165, 1.54) is 22.9 Å². The Morgan fingerprint density at radius 3 is 2.80 bits per heavy atom. The first-order chi connectivity index (χ1) is 11.9. The van der Waals surface area contributed by atoms with Crippen LogP contribution < -0.4 is 10.9 Å². The summed E-state index contributed by atoms with van der Waals surface area (Å²) in [7, 11) is 0. The molecule has 0 saturated heterocycles. The molecule has 0 aliphatic carbocycles. The first-order valence-corrected chi connectivity index (χ1v) is 8.66. The van der Waals surface area contributed by atoms with Gasteiger partial charge in [0.1, 0.15) is 6.54 Å². The fraction of sp³-hybridized carbons (Fsp3) is 0.0625. The van der Waals surface area contributed by atoms with E-state index in [4.69, 9.17) is 0 Å². The van der Waals surface area contributed by atoms with Crippen LogP contribution in [0.25, 0.3) is 11.3 Å². The van der Waals surface area contributed by atoms with Crippen molar-refractivity contribution in [3.05, 3.63) is 68.4 Å². The maximum atomic E-state index is 13.3. The number of hydrogen-bond donors (Lipinski definition) is 1. The standard InChI is InChI=1S/C16H10BrF2N3O2S/c17-10-2-4-15(24)22(6-10)7-14(23)21-16-20-13(8-25-16)9-1-3-11(18)12(19)5-9/h1-6,8H,7H2,(H,20,21,23). The maximum absolute atomic E-state index is 13.3. The summed E-state index contributed by atoms with van der Waals surface area (Å²) in [6.45, 7) is -0.168. The van der Waals surface area contributed by atoms with E-state index in [0.29, 0.717) is 20.9 Å². The summed E-state index contributed by atoms with van der Waals surface area (Å²) >= 11 is 4.38. The number of pyridine rings is 1. The van der Waals surface area contributed by atoms with E-state index in [9.17, 15) is 18.4 Å². The third kappa shape index (κ3) is 4.18. The molecule has 0 fully saturated rings. The number of carbonyl (C=O) groups excluding carboxylic acids is 1. The Morgan fingerprint density at radius 1 is 1.24 bits per heavy atom. The highest BCUT2D eigenvalue weighted by molar-refractivity contribution is 9.10. The molecule has 0 unspecified atom stereocenters. The third-order valence-electron chi connectivity index (χ3n) is 3.23. The van der Waals surface area contributed by atoms with Crippen molar-refractivity contribution in [2.45, 2.75) is 6.54 Å². The number of thiazole rings is 1. The van der Waals surface area contributed by atoms with Gasteiger partial charge in [0, 0.05) is 27.7 Å². The zero-order valence-corrected chi connectivity index (χ0v) is 14.9. The van der Waals surface area contributed by atoms with Gasteiger partial charge in [0.25, 0.3) is 5.56 Å². The highest BCUT2D eigenvalue weighted by atomic mass is 79.9. The molecule has 1 aromatic carbocycles. The number of halogens is 3. The Balaban J connectivity index is 1.72.